The predicted octanol–water partition coefficient (Wildman–Crippen LogP) is 4.42. The minimum atomic E-state index is 0.163. The van der Waals surface area contributed by atoms with Crippen LogP contribution in [-0.4, -0.2) is 11.0 Å². The Morgan fingerprint density at radius 2 is 2.05 bits per heavy atom. The Bertz CT molecular complexity index is 477. The molecule has 2 aliphatic rings. The molecule has 0 amide bonds. The molecule has 0 saturated heterocycles. The van der Waals surface area contributed by atoms with Gasteiger partial charge in [0.1, 0.15) is 5.01 Å². The van der Waals surface area contributed by atoms with Crippen LogP contribution in [0.2, 0.25) is 0 Å². The van der Waals surface area contributed by atoms with E-state index in [1.807, 2.05) is 11.3 Å². The van der Waals surface area contributed by atoms with Crippen LogP contribution < -0.4 is 5.32 Å². The highest BCUT2D eigenvalue weighted by Gasteiger charge is 2.46. The van der Waals surface area contributed by atoms with E-state index in [-0.39, 0.29) is 5.54 Å². The highest BCUT2D eigenvalue weighted by Crippen LogP contribution is 2.47. The van der Waals surface area contributed by atoms with Crippen LogP contribution in [0.1, 0.15) is 68.5 Å². The van der Waals surface area contributed by atoms with Gasteiger partial charge in [0.25, 0.3) is 0 Å². The molecule has 3 unspecified atom stereocenters. The normalized spacial score (nSPS) is 34.4. The van der Waals surface area contributed by atoms with Crippen molar-refractivity contribution in [1.82, 2.24) is 10.3 Å². The van der Waals surface area contributed by atoms with E-state index >= 15 is 0 Å². The van der Waals surface area contributed by atoms with Gasteiger partial charge in [-0.3, -0.25) is 0 Å². The molecule has 1 aromatic rings. The molecule has 3 rings (SSSR count). The van der Waals surface area contributed by atoms with E-state index in [0.717, 1.165) is 18.4 Å². The van der Waals surface area contributed by atoms with E-state index in [0.29, 0.717) is 5.92 Å². The van der Waals surface area contributed by atoms with Crippen molar-refractivity contribution < 1.29 is 0 Å². The SMILES string of the molecule is CCc1nc(C2(NC3CC3)CCC(C)CC2C)sc1C. The largest absolute Gasteiger partial charge is 0.302 e. The van der Waals surface area contributed by atoms with Crippen LogP contribution in [0.3, 0.4) is 0 Å². The number of aryl methyl sites for hydroxylation is 2. The van der Waals surface area contributed by atoms with Crippen LogP contribution in [-0.2, 0) is 12.0 Å². The fraction of sp³-hybridized carbons (Fsp3) is 0.824. The summed E-state index contributed by atoms with van der Waals surface area (Å²) in [6, 6.07) is 0.750. The minimum absolute atomic E-state index is 0.163. The van der Waals surface area contributed by atoms with Gasteiger partial charge in [-0.15, -0.1) is 11.3 Å². The molecule has 1 heterocycles. The average molecular weight is 292 g/mol. The van der Waals surface area contributed by atoms with Gasteiger partial charge < -0.3 is 5.32 Å². The van der Waals surface area contributed by atoms with Gasteiger partial charge in [0.05, 0.1) is 11.2 Å². The second-order valence-corrected chi connectivity index (χ2v) is 8.25. The molecule has 2 aliphatic carbocycles. The smallest absolute Gasteiger partial charge is 0.114 e. The van der Waals surface area contributed by atoms with Crippen molar-refractivity contribution >= 4 is 11.3 Å². The fourth-order valence-electron chi connectivity index (χ4n) is 3.78. The minimum Gasteiger partial charge on any atom is -0.302 e. The molecule has 2 nitrogen and oxygen atoms in total. The van der Waals surface area contributed by atoms with Crippen molar-refractivity contribution in [3.63, 3.8) is 0 Å². The van der Waals surface area contributed by atoms with Crippen LogP contribution in [0, 0.1) is 18.8 Å². The molecule has 0 radical (unpaired) electrons. The molecule has 2 saturated carbocycles. The van der Waals surface area contributed by atoms with E-state index in [9.17, 15) is 0 Å². The highest BCUT2D eigenvalue weighted by atomic mass is 32.1. The second-order valence-electron chi connectivity index (χ2n) is 7.05. The first-order valence-corrected chi connectivity index (χ1v) is 9.11. The van der Waals surface area contributed by atoms with Crippen molar-refractivity contribution in [2.75, 3.05) is 0 Å². The van der Waals surface area contributed by atoms with Gasteiger partial charge in [-0.05, 0) is 57.3 Å². The maximum absolute atomic E-state index is 5.04. The van der Waals surface area contributed by atoms with Gasteiger partial charge in [0.15, 0.2) is 0 Å². The van der Waals surface area contributed by atoms with Gasteiger partial charge >= 0.3 is 0 Å². The summed E-state index contributed by atoms with van der Waals surface area (Å²) in [4.78, 5) is 6.46. The number of nitrogens with zero attached hydrogens (tertiary/aromatic N) is 1. The van der Waals surface area contributed by atoms with Gasteiger partial charge in [-0.1, -0.05) is 20.8 Å². The molecule has 3 heteroatoms. The zero-order valence-corrected chi connectivity index (χ0v) is 14.1. The maximum Gasteiger partial charge on any atom is 0.114 e. The van der Waals surface area contributed by atoms with Crippen molar-refractivity contribution in [2.24, 2.45) is 11.8 Å². The van der Waals surface area contributed by atoms with Crippen molar-refractivity contribution in [2.45, 2.75) is 77.8 Å². The summed E-state index contributed by atoms with van der Waals surface area (Å²) in [6.45, 7) is 9.30. The van der Waals surface area contributed by atoms with Crippen molar-refractivity contribution in [1.29, 1.82) is 0 Å². The molecular formula is C17H28N2S. The molecular weight excluding hydrogens is 264 g/mol. The quantitative estimate of drug-likeness (QED) is 0.888. The summed E-state index contributed by atoms with van der Waals surface area (Å²) in [7, 11) is 0. The molecule has 3 atom stereocenters. The summed E-state index contributed by atoms with van der Waals surface area (Å²) in [6.07, 6.45) is 7.71. The molecule has 0 aliphatic heterocycles. The van der Waals surface area contributed by atoms with Crippen LogP contribution in [0.4, 0.5) is 0 Å². The Morgan fingerprint density at radius 1 is 1.30 bits per heavy atom. The highest BCUT2D eigenvalue weighted by molar-refractivity contribution is 7.11. The number of nitrogens with one attached hydrogen (secondary N) is 1. The van der Waals surface area contributed by atoms with Crippen LogP contribution in [0.15, 0.2) is 0 Å². The van der Waals surface area contributed by atoms with E-state index in [2.05, 4.69) is 33.0 Å². The molecule has 112 valence electrons. The number of rotatable bonds is 4. The summed E-state index contributed by atoms with van der Waals surface area (Å²) < 4.78 is 0. The Morgan fingerprint density at radius 3 is 2.60 bits per heavy atom. The lowest BCUT2D eigenvalue weighted by molar-refractivity contribution is 0.119. The van der Waals surface area contributed by atoms with Crippen molar-refractivity contribution in [3.05, 3.63) is 15.6 Å². The lowest BCUT2D eigenvalue weighted by atomic mass is 9.70. The van der Waals surface area contributed by atoms with E-state index in [1.165, 1.54) is 47.7 Å². The monoisotopic (exact) mass is 292 g/mol. The molecule has 2 fully saturated rings. The third-order valence-corrected chi connectivity index (χ3v) is 6.47. The average Bonchev–Trinajstić information content (AvgIpc) is 3.14. The number of hydrogen-bond donors (Lipinski definition) is 1. The van der Waals surface area contributed by atoms with Crippen LogP contribution in [0.5, 0.6) is 0 Å². The van der Waals surface area contributed by atoms with Gasteiger partial charge in [-0.2, -0.15) is 0 Å². The lowest BCUT2D eigenvalue weighted by Crippen LogP contribution is -2.51. The first-order valence-electron chi connectivity index (χ1n) is 8.29. The van der Waals surface area contributed by atoms with Gasteiger partial charge in [0.2, 0.25) is 0 Å². The van der Waals surface area contributed by atoms with Crippen molar-refractivity contribution in [3.8, 4) is 0 Å². The standard InChI is InChI=1S/C17H28N2S/c1-5-15-13(4)20-16(18-15)17(19-14-6-7-14)9-8-11(2)10-12(17)3/h11-12,14,19H,5-10H2,1-4H3. The number of aromatic nitrogens is 1. The third-order valence-electron chi connectivity index (χ3n) is 5.28. The van der Waals surface area contributed by atoms with Crippen LogP contribution in [0.25, 0.3) is 0 Å². The Hall–Kier alpha value is -0.410. The Labute approximate surface area is 127 Å². The van der Waals surface area contributed by atoms with E-state index < -0.39 is 0 Å². The second kappa shape index (κ2) is 5.42. The number of thiazole rings is 1. The number of hydrogen-bond acceptors (Lipinski definition) is 3. The fourth-order valence-corrected chi connectivity index (χ4v) is 5.07. The van der Waals surface area contributed by atoms with E-state index in [1.54, 1.807) is 0 Å². The summed E-state index contributed by atoms with van der Waals surface area (Å²) in [5, 5.41) is 5.38. The van der Waals surface area contributed by atoms with Gasteiger partial charge in [-0.25, -0.2) is 4.98 Å². The molecule has 0 spiro atoms. The zero-order valence-electron chi connectivity index (χ0n) is 13.3. The maximum atomic E-state index is 5.04. The third kappa shape index (κ3) is 2.55. The van der Waals surface area contributed by atoms with Crippen LogP contribution >= 0.6 is 11.3 Å². The summed E-state index contributed by atoms with van der Waals surface area (Å²) in [5.41, 5.74) is 1.48. The van der Waals surface area contributed by atoms with Gasteiger partial charge in [0, 0.05) is 10.9 Å². The molecule has 0 bridgehead atoms. The first kappa shape index (κ1) is 14.5. The predicted molar refractivity (Wildman–Crippen MR) is 86.2 cm³/mol. The summed E-state index contributed by atoms with van der Waals surface area (Å²) >= 11 is 1.95. The Kier molecular flexibility index (Phi) is 3.93. The topological polar surface area (TPSA) is 24.9 Å². The molecule has 1 N–H and O–H groups in total. The molecule has 1 aromatic heterocycles. The Balaban J connectivity index is 1.95. The van der Waals surface area contributed by atoms with E-state index in [4.69, 9.17) is 4.98 Å². The molecule has 0 aromatic carbocycles. The molecule has 20 heavy (non-hydrogen) atoms. The summed E-state index contributed by atoms with van der Waals surface area (Å²) in [5.74, 6) is 1.56. The first-order chi connectivity index (χ1) is 9.55. The lowest BCUT2D eigenvalue weighted by Gasteiger charge is -2.44. The zero-order chi connectivity index (χ0) is 14.3.